The molecule has 5 heteroatoms. The zero-order chi connectivity index (χ0) is 11.5. The molecule has 0 atom stereocenters. The molecule has 2 aromatic rings. The van der Waals surface area contributed by atoms with E-state index < -0.39 is 0 Å². The van der Waals surface area contributed by atoms with Gasteiger partial charge in [0, 0.05) is 12.1 Å². The molecule has 1 aromatic carbocycles. The summed E-state index contributed by atoms with van der Waals surface area (Å²) in [6.07, 6.45) is 0. The molecule has 0 spiro atoms. The number of rotatable bonds is 3. The zero-order valence-corrected chi connectivity index (χ0v) is 11.8. The Kier molecular flexibility index (Phi) is 3.97. The molecule has 1 aromatic heterocycles. The van der Waals surface area contributed by atoms with Crippen molar-refractivity contribution in [2.24, 2.45) is 0 Å². The van der Waals surface area contributed by atoms with Crippen LogP contribution in [0.5, 0.6) is 0 Å². The molecular weight excluding hydrogens is 308 g/mol. The third kappa shape index (κ3) is 2.46. The summed E-state index contributed by atoms with van der Waals surface area (Å²) in [6.45, 7) is 0.752. The summed E-state index contributed by atoms with van der Waals surface area (Å²) in [5, 5.41) is 4.77. The van der Waals surface area contributed by atoms with E-state index in [1.165, 1.54) is 0 Å². The highest BCUT2D eigenvalue weighted by molar-refractivity contribution is 9.11. The van der Waals surface area contributed by atoms with E-state index in [0.717, 1.165) is 31.6 Å². The maximum atomic E-state index is 6.13. The number of aromatic nitrogens is 1. The van der Waals surface area contributed by atoms with Crippen LogP contribution in [-0.2, 0) is 6.54 Å². The zero-order valence-electron chi connectivity index (χ0n) is 8.63. The number of nitrogens with one attached hydrogen (secondary N) is 1. The smallest absolute Gasteiger partial charge is 0.126 e. The summed E-state index contributed by atoms with van der Waals surface area (Å²) in [5.41, 5.74) is 2.00. The number of hydrogen-bond acceptors (Lipinski definition) is 3. The summed E-state index contributed by atoms with van der Waals surface area (Å²) in [7, 11) is 1.90. The summed E-state index contributed by atoms with van der Waals surface area (Å²) in [4.78, 5) is 4.56. The normalized spacial score (nSPS) is 10.7. The Morgan fingerprint density at radius 2 is 2.19 bits per heavy atom. The molecule has 0 fully saturated rings. The Morgan fingerprint density at radius 3 is 2.88 bits per heavy atom. The number of hydrogen-bond donors (Lipinski definition) is 1. The standard InChI is InChI=1S/C11H10BrClN2S/c1-14-6-9-10(12)16-11(15-9)7-4-2-3-5-8(7)13/h2-5,14H,6H2,1H3. The lowest BCUT2D eigenvalue weighted by atomic mass is 10.2. The van der Waals surface area contributed by atoms with Crippen LogP contribution in [0.25, 0.3) is 10.6 Å². The molecule has 0 saturated heterocycles. The number of thiazole rings is 1. The molecule has 0 aliphatic carbocycles. The van der Waals surface area contributed by atoms with Crippen molar-refractivity contribution >= 4 is 38.9 Å². The Morgan fingerprint density at radius 1 is 1.44 bits per heavy atom. The van der Waals surface area contributed by atoms with Crippen LogP contribution in [-0.4, -0.2) is 12.0 Å². The minimum Gasteiger partial charge on any atom is -0.314 e. The average Bonchev–Trinajstić information content (AvgIpc) is 2.61. The number of benzene rings is 1. The van der Waals surface area contributed by atoms with Crippen molar-refractivity contribution in [1.29, 1.82) is 0 Å². The highest BCUT2D eigenvalue weighted by Gasteiger charge is 2.11. The van der Waals surface area contributed by atoms with Crippen LogP contribution in [0.3, 0.4) is 0 Å². The number of halogens is 2. The molecule has 2 rings (SSSR count). The fourth-order valence-electron chi connectivity index (χ4n) is 1.36. The van der Waals surface area contributed by atoms with E-state index >= 15 is 0 Å². The molecular formula is C11H10BrClN2S. The molecule has 1 N–H and O–H groups in total. The van der Waals surface area contributed by atoms with E-state index in [9.17, 15) is 0 Å². The van der Waals surface area contributed by atoms with Crippen molar-refractivity contribution in [3.8, 4) is 10.6 Å². The van der Waals surface area contributed by atoms with E-state index in [4.69, 9.17) is 11.6 Å². The second-order valence-electron chi connectivity index (χ2n) is 3.25. The van der Waals surface area contributed by atoms with E-state index in [-0.39, 0.29) is 0 Å². The third-order valence-electron chi connectivity index (χ3n) is 2.10. The van der Waals surface area contributed by atoms with Crippen LogP contribution < -0.4 is 5.32 Å². The second kappa shape index (κ2) is 5.27. The van der Waals surface area contributed by atoms with Crippen molar-refractivity contribution in [2.45, 2.75) is 6.54 Å². The van der Waals surface area contributed by atoms with E-state index in [1.807, 2.05) is 31.3 Å². The molecule has 16 heavy (non-hydrogen) atoms. The topological polar surface area (TPSA) is 24.9 Å². The summed E-state index contributed by atoms with van der Waals surface area (Å²) in [5.74, 6) is 0. The van der Waals surface area contributed by atoms with Gasteiger partial charge in [-0.25, -0.2) is 4.98 Å². The van der Waals surface area contributed by atoms with Gasteiger partial charge in [0.25, 0.3) is 0 Å². The SMILES string of the molecule is CNCc1nc(-c2ccccc2Cl)sc1Br. The van der Waals surface area contributed by atoms with Gasteiger partial charge in [0.2, 0.25) is 0 Å². The van der Waals surface area contributed by atoms with Gasteiger partial charge in [-0.1, -0.05) is 29.8 Å². The van der Waals surface area contributed by atoms with E-state index in [2.05, 4.69) is 26.2 Å². The lowest BCUT2D eigenvalue weighted by molar-refractivity contribution is 0.795. The van der Waals surface area contributed by atoms with E-state index in [1.54, 1.807) is 11.3 Å². The Hall–Kier alpha value is -0.420. The first kappa shape index (κ1) is 12.0. The van der Waals surface area contributed by atoms with Gasteiger partial charge in [0.15, 0.2) is 0 Å². The maximum Gasteiger partial charge on any atom is 0.126 e. The fraction of sp³-hybridized carbons (Fsp3) is 0.182. The Balaban J connectivity index is 2.42. The largest absolute Gasteiger partial charge is 0.314 e. The first-order valence-corrected chi connectivity index (χ1v) is 6.76. The Bertz CT molecular complexity index is 498. The molecule has 0 aliphatic heterocycles. The quantitative estimate of drug-likeness (QED) is 0.927. The van der Waals surface area contributed by atoms with Crippen LogP contribution >= 0.6 is 38.9 Å². The van der Waals surface area contributed by atoms with Gasteiger partial charge >= 0.3 is 0 Å². The van der Waals surface area contributed by atoms with Gasteiger partial charge in [0.1, 0.15) is 5.01 Å². The van der Waals surface area contributed by atoms with Crippen LogP contribution in [0, 0.1) is 0 Å². The van der Waals surface area contributed by atoms with Crippen molar-refractivity contribution < 1.29 is 0 Å². The van der Waals surface area contributed by atoms with Crippen LogP contribution in [0.15, 0.2) is 28.1 Å². The maximum absolute atomic E-state index is 6.13. The summed E-state index contributed by atoms with van der Waals surface area (Å²) in [6, 6.07) is 7.75. The molecule has 84 valence electrons. The molecule has 2 nitrogen and oxygen atoms in total. The third-order valence-corrected chi connectivity index (χ3v) is 4.29. The predicted octanol–water partition coefficient (Wildman–Crippen LogP) is 3.95. The van der Waals surface area contributed by atoms with Crippen molar-refractivity contribution in [3.05, 3.63) is 38.8 Å². The van der Waals surface area contributed by atoms with Gasteiger partial charge < -0.3 is 5.32 Å². The van der Waals surface area contributed by atoms with Gasteiger partial charge in [-0.05, 0) is 29.0 Å². The molecule has 0 saturated carbocycles. The Labute approximate surface area is 112 Å². The first-order valence-electron chi connectivity index (χ1n) is 4.77. The van der Waals surface area contributed by atoms with Gasteiger partial charge in [-0.2, -0.15) is 0 Å². The van der Waals surface area contributed by atoms with Crippen LogP contribution in [0.4, 0.5) is 0 Å². The van der Waals surface area contributed by atoms with Crippen molar-refractivity contribution in [2.75, 3.05) is 7.05 Å². The van der Waals surface area contributed by atoms with Gasteiger partial charge in [-0.15, -0.1) is 11.3 Å². The molecule has 1 heterocycles. The minimum absolute atomic E-state index is 0.736. The second-order valence-corrected chi connectivity index (χ2v) is 5.97. The van der Waals surface area contributed by atoms with Crippen molar-refractivity contribution in [1.82, 2.24) is 10.3 Å². The van der Waals surface area contributed by atoms with Gasteiger partial charge in [-0.3, -0.25) is 0 Å². The summed E-state index contributed by atoms with van der Waals surface area (Å²) < 4.78 is 1.05. The highest BCUT2D eigenvalue weighted by atomic mass is 79.9. The van der Waals surface area contributed by atoms with Crippen molar-refractivity contribution in [3.63, 3.8) is 0 Å². The van der Waals surface area contributed by atoms with Gasteiger partial charge in [0.05, 0.1) is 14.5 Å². The monoisotopic (exact) mass is 316 g/mol. The summed E-state index contributed by atoms with van der Waals surface area (Å²) >= 11 is 11.2. The molecule has 0 radical (unpaired) electrons. The van der Waals surface area contributed by atoms with Crippen LogP contribution in [0.2, 0.25) is 5.02 Å². The first-order chi connectivity index (χ1) is 7.72. The number of nitrogens with zero attached hydrogens (tertiary/aromatic N) is 1. The molecule has 0 bridgehead atoms. The molecule has 0 unspecified atom stereocenters. The molecule has 0 amide bonds. The van der Waals surface area contributed by atoms with E-state index in [0.29, 0.717) is 0 Å². The van der Waals surface area contributed by atoms with Crippen LogP contribution in [0.1, 0.15) is 5.69 Å². The predicted molar refractivity (Wildman–Crippen MR) is 73.0 cm³/mol. The lowest BCUT2D eigenvalue weighted by Crippen LogP contribution is -2.05. The minimum atomic E-state index is 0.736. The fourth-order valence-corrected chi connectivity index (χ4v) is 3.18. The highest BCUT2D eigenvalue weighted by Crippen LogP contribution is 2.35. The molecule has 0 aliphatic rings. The average molecular weight is 318 g/mol. The lowest BCUT2D eigenvalue weighted by Gasteiger charge is -1.98.